The second-order valence-electron chi connectivity index (χ2n) is 30.4. The second-order valence-corrected chi connectivity index (χ2v) is 35.4. The van der Waals surface area contributed by atoms with Crippen molar-refractivity contribution in [2.45, 2.75) is 190 Å². The van der Waals surface area contributed by atoms with Gasteiger partial charge < -0.3 is 39.0 Å². The minimum Gasteiger partial charge on any atom is -0.490 e. The van der Waals surface area contributed by atoms with Crippen LogP contribution in [0.15, 0.2) is 97.1 Å². The Morgan fingerprint density at radius 3 is 1.33 bits per heavy atom. The van der Waals surface area contributed by atoms with E-state index >= 15 is 0 Å². The molecular weight excluding hydrogens is 1300 g/mol. The summed E-state index contributed by atoms with van der Waals surface area (Å²) in [4.78, 5) is 31.8. The summed E-state index contributed by atoms with van der Waals surface area (Å²) < 4.78 is 84.6. The molecule has 8 aliphatic rings. The monoisotopic (exact) mass is 1400 g/mol. The Bertz CT molecular complexity index is 3570. The van der Waals surface area contributed by atoms with E-state index in [1.54, 1.807) is 52.3 Å². The van der Waals surface area contributed by atoms with Gasteiger partial charge in [0.05, 0.1) is 58.5 Å². The molecule has 0 radical (unpaired) electrons. The number of sulfonamides is 2. The van der Waals surface area contributed by atoms with Gasteiger partial charge in [-0.3, -0.25) is 9.59 Å². The summed E-state index contributed by atoms with van der Waals surface area (Å²) in [5.74, 6) is 0.474. The van der Waals surface area contributed by atoms with Crippen LogP contribution >= 0.6 is 23.2 Å². The van der Waals surface area contributed by atoms with Crippen LogP contribution in [0.4, 0.5) is 11.4 Å². The van der Waals surface area contributed by atoms with Gasteiger partial charge in [0.25, 0.3) is 11.8 Å². The third-order valence-corrected chi connectivity index (χ3v) is 28.1. The van der Waals surface area contributed by atoms with Crippen LogP contribution < -0.4 is 28.7 Å². The van der Waals surface area contributed by atoms with Gasteiger partial charge in [-0.1, -0.05) is 101 Å². The molecule has 14 atom stereocenters. The Labute approximate surface area is 580 Å². The largest absolute Gasteiger partial charge is 0.490 e. The molecule has 524 valence electrons. The topological polar surface area (TPSA) is 210 Å². The number of aliphatic hydroxyl groups is 2. The van der Waals surface area contributed by atoms with Crippen LogP contribution in [0.5, 0.6) is 11.5 Å². The van der Waals surface area contributed by atoms with Gasteiger partial charge in [-0.2, -0.15) is 0 Å². The lowest BCUT2D eigenvalue weighted by Gasteiger charge is -2.51. The van der Waals surface area contributed by atoms with Crippen LogP contribution in [0.25, 0.3) is 0 Å². The number of carbonyl (C=O) groups is 2. The maximum absolute atomic E-state index is 13.5. The predicted molar refractivity (Wildman–Crippen MR) is 381 cm³/mol. The first-order valence-corrected chi connectivity index (χ1v) is 38.9. The van der Waals surface area contributed by atoms with Gasteiger partial charge in [-0.05, 0) is 221 Å². The number of carbonyl (C=O) groups excluding carboxylic acids is 2. The number of benzene rings is 4. The van der Waals surface area contributed by atoms with Crippen molar-refractivity contribution in [1.29, 1.82) is 0 Å². The van der Waals surface area contributed by atoms with E-state index in [4.69, 9.17) is 42.1 Å². The first-order chi connectivity index (χ1) is 45.5. The Hall–Kier alpha value is -5.18. The number of aryl methyl sites for hydroxylation is 2. The van der Waals surface area contributed by atoms with E-state index in [-0.39, 0.29) is 69.3 Å². The molecule has 0 saturated heterocycles. The standard InChI is InChI=1S/2C38H51ClN2O6S/c2*1-24(2)34(42)20-38(46-5)17-6-8-25(3)26(4)48(44,45)40-36(43)28-11-15-35-33(19-28)41(21-29-10-13-32(29)38)22-37(23-47-35)16-7-9-27-18-30(39)12-14-31(27)37/h2*6,11-12,14-15,17-19,24-26,29,32,34,42H,7-10,13,16,20-23H2,1-5H3,(H,40,43)/b2*17-6+/t25-,26+,29-,32+,34+,37-,38+;25-,26+,29-,32+,34-,37-,38+/m00/s1. The van der Waals surface area contributed by atoms with Gasteiger partial charge >= 0.3 is 0 Å². The van der Waals surface area contributed by atoms with Gasteiger partial charge in [-0.15, -0.1) is 0 Å². The molecule has 4 aliphatic carbocycles. The molecular formula is C76H102Cl2N4O12S2. The Balaban J connectivity index is 0.000000195. The van der Waals surface area contributed by atoms with Crippen molar-refractivity contribution in [2.75, 3.05) is 63.4 Å². The van der Waals surface area contributed by atoms with Gasteiger partial charge in [0, 0.05) is 85.2 Å². The SMILES string of the molecule is CO[C@@]1(C[C@@H](O)C(C)C)/C=C/C[C@H](C)[C@@H](C)S(=O)(=O)NC(=O)c2ccc3c(c2)N(C[C@@H]2CC[C@H]21)C[C@@]1(CCCc2cc(Cl)ccc21)CO3.CO[C@@]1(C[C@H](O)C(C)C)/C=C/C[C@H](C)[C@@H](C)S(=O)(=O)NC(=O)c2ccc3c(c2)N(C[C@@H]2CC[C@H]21)C[C@@]1(CCCc2cc(Cl)ccc21)CO3. The van der Waals surface area contributed by atoms with Crippen LogP contribution in [-0.4, -0.2) is 126 Å². The highest BCUT2D eigenvalue weighted by Gasteiger charge is 2.52. The number of fused-ring (bicyclic) bond motifs is 8. The fraction of sp³-hybridized carbons (Fsp3) is 0.605. The number of amides is 2. The molecule has 12 rings (SSSR count). The molecule has 4 aromatic rings. The molecule has 0 unspecified atom stereocenters. The fourth-order valence-corrected chi connectivity index (χ4v) is 19.8. The van der Waals surface area contributed by atoms with E-state index in [1.807, 2.05) is 78.0 Å². The number of rotatable bonds is 8. The molecule has 4 heterocycles. The van der Waals surface area contributed by atoms with Crippen LogP contribution in [0.3, 0.4) is 0 Å². The quantitative estimate of drug-likeness (QED) is 0.121. The zero-order valence-corrected chi connectivity index (χ0v) is 60.9. The average Bonchev–Trinajstić information content (AvgIpc) is 1.39. The maximum Gasteiger partial charge on any atom is 0.264 e. The van der Waals surface area contributed by atoms with E-state index in [1.165, 1.54) is 22.3 Å². The van der Waals surface area contributed by atoms with Crippen molar-refractivity contribution in [3.63, 3.8) is 0 Å². The van der Waals surface area contributed by atoms with Crippen molar-refractivity contribution >= 4 is 66.4 Å². The van der Waals surface area contributed by atoms with Gasteiger partial charge in [-0.25, -0.2) is 26.3 Å². The van der Waals surface area contributed by atoms with Crippen LogP contribution in [0.2, 0.25) is 10.0 Å². The first-order valence-electron chi connectivity index (χ1n) is 35.1. The van der Waals surface area contributed by atoms with Crippen LogP contribution in [0.1, 0.15) is 175 Å². The third kappa shape index (κ3) is 14.6. The predicted octanol–water partition coefficient (Wildman–Crippen LogP) is 13.4. The highest BCUT2D eigenvalue weighted by atomic mass is 35.5. The summed E-state index contributed by atoms with van der Waals surface area (Å²) in [6.07, 6.45) is 18.8. The van der Waals surface area contributed by atoms with Crippen molar-refractivity contribution in [1.82, 2.24) is 9.44 Å². The van der Waals surface area contributed by atoms with Crippen molar-refractivity contribution in [2.24, 2.45) is 47.3 Å². The number of nitrogens with one attached hydrogen (secondary N) is 2. The fourth-order valence-electron chi connectivity index (χ4n) is 16.9. The lowest BCUT2D eigenvalue weighted by Crippen LogP contribution is -2.54. The highest BCUT2D eigenvalue weighted by Crippen LogP contribution is 2.53. The Kier molecular flexibility index (Phi) is 21.6. The third-order valence-electron chi connectivity index (χ3n) is 23.8. The van der Waals surface area contributed by atoms with E-state index in [0.29, 0.717) is 76.6 Å². The number of aliphatic hydroxyl groups excluding tert-OH is 2. The minimum atomic E-state index is -3.97. The van der Waals surface area contributed by atoms with Gasteiger partial charge in [0.2, 0.25) is 20.0 Å². The van der Waals surface area contributed by atoms with E-state index in [2.05, 4.69) is 55.7 Å². The highest BCUT2D eigenvalue weighted by molar-refractivity contribution is 7.91. The molecule has 2 saturated carbocycles. The van der Waals surface area contributed by atoms with Crippen LogP contribution in [0, 0.1) is 47.3 Å². The first kappa shape index (κ1) is 72.1. The number of anilines is 2. The lowest BCUT2D eigenvalue weighted by molar-refractivity contribution is -0.103. The van der Waals surface area contributed by atoms with Gasteiger partial charge in [0.15, 0.2) is 0 Å². The number of ether oxygens (including phenoxy) is 4. The summed E-state index contributed by atoms with van der Waals surface area (Å²) in [5.41, 5.74) is 5.14. The van der Waals surface area contributed by atoms with Crippen LogP contribution in [-0.2, 0) is 53.2 Å². The molecule has 16 nitrogen and oxygen atoms in total. The Morgan fingerprint density at radius 2 is 0.979 bits per heavy atom. The van der Waals surface area contributed by atoms with E-state index < -0.39 is 65.8 Å². The number of hydrogen-bond donors (Lipinski definition) is 4. The normalized spacial score (nSPS) is 33.0. The molecule has 20 heteroatoms. The molecule has 4 bridgehead atoms. The molecule has 2 amide bonds. The van der Waals surface area contributed by atoms with E-state index in [0.717, 1.165) is 85.6 Å². The van der Waals surface area contributed by atoms with Gasteiger partial charge in [0.1, 0.15) is 11.5 Å². The summed E-state index contributed by atoms with van der Waals surface area (Å²) in [7, 11) is -4.47. The molecule has 4 aromatic carbocycles. The average molecular weight is 1400 g/mol. The number of methoxy groups -OCH3 is 2. The summed E-state index contributed by atoms with van der Waals surface area (Å²) in [5, 5.41) is 22.3. The second kappa shape index (κ2) is 28.8. The molecule has 4 aliphatic heterocycles. The maximum atomic E-state index is 13.5. The van der Waals surface area contributed by atoms with E-state index in [9.17, 15) is 36.6 Å². The summed E-state index contributed by atoms with van der Waals surface area (Å²) in [6.45, 7) is 18.9. The van der Waals surface area contributed by atoms with Crippen molar-refractivity contribution < 1.29 is 55.6 Å². The molecule has 4 N–H and O–H groups in total. The van der Waals surface area contributed by atoms with Crippen molar-refractivity contribution in [3.05, 3.63) is 141 Å². The Morgan fingerprint density at radius 1 is 0.583 bits per heavy atom. The number of hydrogen-bond acceptors (Lipinski definition) is 14. The van der Waals surface area contributed by atoms with Crippen molar-refractivity contribution in [3.8, 4) is 11.5 Å². The zero-order valence-electron chi connectivity index (χ0n) is 57.8. The molecule has 0 aromatic heterocycles. The number of halogens is 2. The zero-order chi connectivity index (χ0) is 68.9. The molecule has 96 heavy (non-hydrogen) atoms. The number of allylic oxidation sites excluding steroid dienone is 2. The lowest BCUT2D eigenvalue weighted by atomic mass is 9.62. The smallest absolute Gasteiger partial charge is 0.264 e. The summed E-state index contributed by atoms with van der Waals surface area (Å²) in [6, 6.07) is 22.9. The number of nitrogens with zero attached hydrogens (tertiary/aromatic N) is 2. The molecule has 2 spiro atoms. The molecule has 2 fully saturated rings. The summed E-state index contributed by atoms with van der Waals surface area (Å²) >= 11 is 12.9. The minimum absolute atomic E-state index is 0.0600.